The van der Waals surface area contributed by atoms with Crippen LogP contribution in [0.3, 0.4) is 0 Å². The van der Waals surface area contributed by atoms with Gasteiger partial charge in [-0.15, -0.1) is 0 Å². The second-order valence-electron chi connectivity index (χ2n) is 12.2. The average molecular weight is 621 g/mol. The lowest BCUT2D eigenvalue weighted by molar-refractivity contribution is -0.137. The highest BCUT2D eigenvalue weighted by Gasteiger charge is 2.40. The second-order valence-corrected chi connectivity index (χ2v) is 12.2. The maximum atomic E-state index is 13.5. The van der Waals surface area contributed by atoms with Gasteiger partial charge in [0.05, 0.1) is 11.3 Å². The van der Waals surface area contributed by atoms with Crippen LogP contribution in [0.15, 0.2) is 157 Å². The molecule has 8 rings (SSSR count). The monoisotopic (exact) mass is 620 g/mol. The van der Waals surface area contributed by atoms with Crippen molar-refractivity contribution in [3.05, 3.63) is 185 Å². The number of aryl methyl sites for hydroxylation is 1. The molecule has 0 fully saturated rings. The quantitative estimate of drug-likeness (QED) is 0.186. The minimum absolute atomic E-state index is 0.0338. The van der Waals surface area contributed by atoms with Gasteiger partial charge in [0.2, 0.25) is 0 Å². The van der Waals surface area contributed by atoms with Gasteiger partial charge in [-0.25, -0.2) is 0 Å². The number of alkyl halides is 3. The van der Waals surface area contributed by atoms with E-state index in [0.29, 0.717) is 5.69 Å². The minimum atomic E-state index is -4.40. The Bertz CT molecular complexity index is 2070. The summed E-state index contributed by atoms with van der Waals surface area (Å²) < 4.78 is 40.6. The van der Waals surface area contributed by atoms with Crippen LogP contribution >= 0.6 is 0 Å². The molecule has 3 aliphatic carbocycles. The fourth-order valence-electron chi connectivity index (χ4n) is 7.13. The molecule has 2 atom stereocenters. The predicted molar refractivity (Wildman–Crippen MR) is 186 cm³/mol. The number of halogens is 3. The van der Waals surface area contributed by atoms with E-state index < -0.39 is 11.7 Å². The Kier molecular flexibility index (Phi) is 6.98. The Labute approximate surface area is 272 Å². The molecule has 230 valence electrons. The highest BCUT2D eigenvalue weighted by atomic mass is 19.4. The summed E-state index contributed by atoms with van der Waals surface area (Å²) in [5.41, 5.74) is 11.2. The molecule has 0 N–H and O–H groups in total. The lowest BCUT2D eigenvalue weighted by atomic mass is 9.67. The minimum Gasteiger partial charge on any atom is -0.314 e. The van der Waals surface area contributed by atoms with Crippen LogP contribution in [0, 0.1) is 12.8 Å². The highest BCUT2D eigenvalue weighted by Crippen LogP contribution is 2.54. The van der Waals surface area contributed by atoms with Gasteiger partial charge in [-0.05, 0) is 96.4 Å². The number of rotatable bonds is 6. The molecule has 5 heteroatoms. The van der Waals surface area contributed by atoms with Gasteiger partial charge >= 0.3 is 6.18 Å². The van der Waals surface area contributed by atoms with E-state index in [2.05, 4.69) is 114 Å². The summed E-state index contributed by atoms with van der Waals surface area (Å²) in [6.07, 6.45) is 8.81. The van der Waals surface area contributed by atoms with Gasteiger partial charge in [0.15, 0.2) is 0 Å². The van der Waals surface area contributed by atoms with Gasteiger partial charge in [-0.2, -0.15) is 13.2 Å². The van der Waals surface area contributed by atoms with Crippen molar-refractivity contribution in [3.8, 4) is 0 Å². The fraction of sp³-hybridized carbons (Fsp3) is 0.0952. The van der Waals surface area contributed by atoms with Crippen molar-refractivity contribution in [1.82, 2.24) is 0 Å². The zero-order chi connectivity index (χ0) is 32.1. The van der Waals surface area contributed by atoms with Gasteiger partial charge in [-0.3, -0.25) is 0 Å². The molecule has 2 nitrogen and oxygen atoms in total. The number of allylic oxidation sites excluding steroid dienone is 5. The van der Waals surface area contributed by atoms with Crippen LogP contribution < -0.4 is 9.80 Å². The fourth-order valence-corrected chi connectivity index (χ4v) is 7.13. The second kappa shape index (κ2) is 11.4. The zero-order valence-electron chi connectivity index (χ0n) is 25.7. The number of hydrogen-bond acceptors (Lipinski definition) is 2. The third-order valence-corrected chi connectivity index (χ3v) is 9.31. The van der Waals surface area contributed by atoms with E-state index in [1.54, 1.807) is 12.1 Å². The van der Waals surface area contributed by atoms with Gasteiger partial charge in [0.1, 0.15) is 0 Å². The summed E-state index contributed by atoms with van der Waals surface area (Å²) in [4.78, 5) is 4.41. The third-order valence-electron chi connectivity index (χ3n) is 9.31. The van der Waals surface area contributed by atoms with Gasteiger partial charge in [-0.1, -0.05) is 90.5 Å². The Morgan fingerprint density at radius 1 is 0.574 bits per heavy atom. The van der Waals surface area contributed by atoms with Gasteiger partial charge in [0.25, 0.3) is 0 Å². The van der Waals surface area contributed by atoms with E-state index in [1.165, 1.54) is 40.0 Å². The van der Waals surface area contributed by atoms with Crippen LogP contribution in [0.25, 0.3) is 12.2 Å². The first kappa shape index (κ1) is 28.9. The number of para-hydroxylation sites is 2. The van der Waals surface area contributed by atoms with E-state index >= 15 is 0 Å². The normalized spacial score (nSPS) is 17.4. The molecule has 0 saturated heterocycles. The maximum Gasteiger partial charge on any atom is 0.416 e. The van der Waals surface area contributed by atoms with Crippen molar-refractivity contribution in [1.29, 1.82) is 0 Å². The molecule has 0 radical (unpaired) electrons. The number of nitrogens with zero attached hydrogens (tertiary/aromatic N) is 2. The molecule has 0 aromatic heterocycles. The molecule has 0 aliphatic heterocycles. The van der Waals surface area contributed by atoms with Gasteiger partial charge < -0.3 is 9.80 Å². The number of benzene rings is 5. The molecule has 0 heterocycles. The van der Waals surface area contributed by atoms with Crippen molar-refractivity contribution >= 4 is 40.6 Å². The van der Waals surface area contributed by atoms with E-state index in [1.807, 2.05) is 36.4 Å². The van der Waals surface area contributed by atoms with Crippen LogP contribution in [0.4, 0.5) is 41.6 Å². The van der Waals surface area contributed by atoms with E-state index in [-0.39, 0.29) is 11.8 Å². The molecular formula is C42H31F3N2. The third kappa shape index (κ3) is 5.08. The Morgan fingerprint density at radius 2 is 1.17 bits per heavy atom. The van der Waals surface area contributed by atoms with Crippen molar-refractivity contribution < 1.29 is 13.2 Å². The SMILES string of the molecule is Cc1ccc(N(c2ccccc2)c2ccc3c4c2C=CC2=CC=C(N(c5ccccc5)c5ccc(C(F)(F)F)cc5)C(C=C3)C24)cc1. The van der Waals surface area contributed by atoms with Crippen LogP contribution in [0.2, 0.25) is 0 Å². The molecule has 0 bridgehead atoms. The lowest BCUT2D eigenvalue weighted by Gasteiger charge is -2.42. The van der Waals surface area contributed by atoms with Crippen molar-refractivity contribution in [3.63, 3.8) is 0 Å². The van der Waals surface area contributed by atoms with Crippen LogP contribution in [-0.2, 0) is 6.18 Å². The van der Waals surface area contributed by atoms with E-state index in [4.69, 9.17) is 0 Å². The van der Waals surface area contributed by atoms with Crippen LogP contribution in [-0.4, -0.2) is 0 Å². The first-order valence-corrected chi connectivity index (χ1v) is 15.8. The number of hydrogen-bond donors (Lipinski definition) is 0. The van der Waals surface area contributed by atoms with Crippen LogP contribution in [0.5, 0.6) is 0 Å². The molecule has 47 heavy (non-hydrogen) atoms. The van der Waals surface area contributed by atoms with E-state index in [9.17, 15) is 13.2 Å². The Balaban J connectivity index is 1.26. The predicted octanol–water partition coefficient (Wildman–Crippen LogP) is 11.9. The maximum absolute atomic E-state index is 13.5. The molecule has 3 aliphatic rings. The summed E-state index contributed by atoms with van der Waals surface area (Å²) >= 11 is 0. The first-order valence-electron chi connectivity index (χ1n) is 15.8. The summed E-state index contributed by atoms with van der Waals surface area (Å²) in [5, 5.41) is 0. The summed E-state index contributed by atoms with van der Waals surface area (Å²) in [7, 11) is 0. The first-order chi connectivity index (χ1) is 22.9. The molecule has 0 amide bonds. The van der Waals surface area contributed by atoms with Gasteiger partial charge in [0, 0.05) is 45.8 Å². The smallest absolute Gasteiger partial charge is 0.314 e. The van der Waals surface area contributed by atoms with Crippen LogP contribution in [0.1, 0.15) is 33.7 Å². The summed E-state index contributed by atoms with van der Waals surface area (Å²) in [6.45, 7) is 2.10. The molecule has 5 aromatic carbocycles. The molecule has 0 saturated carbocycles. The lowest BCUT2D eigenvalue weighted by Crippen LogP contribution is -2.31. The Hall–Kier alpha value is -5.55. The molecule has 0 spiro atoms. The Morgan fingerprint density at radius 3 is 1.83 bits per heavy atom. The topological polar surface area (TPSA) is 6.48 Å². The van der Waals surface area contributed by atoms with Crippen molar-refractivity contribution in [2.24, 2.45) is 5.92 Å². The zero-order valence-corrected chi connectivity index (χ0v) is 25.7. The van der Waals surface area contributed by atoms with Crippen molar-refractivity contribution in [2.45, 2.75) is 19.0 Å². The molecule has 2 unspecified atom stereocenters. The van der Waals surface area contributed by atoms with E-state index in [0.717, 1.165) is 28.4 Å². The average Bonchev–Trinajstić information content (AvgIpc) is 3.10. The van der Waals surface area contributed by atoms with Crippen molar-refractivity contribution in [2.75, 3.05) is 9.80 Å². The number of anilines is 5. The summed E-state index contributed by atoms with van der Waals surface area (Å²) in [5.74, 6) is 0.0137. The largest absolute Gasteiger partial charge is 0.416 e. The standard InChI is InChI=1S/C42H31F3N2/c1-28-12-20-34(21-13-28)46(32-8-4-2-5-9-32)38-26-16-29-15-25-37-39(27-17-30-14-24-36(38)40(29)41(30)37)47(33-10-6-3-7-11-33)35-22-18-31(19-23-35)42(43,44)45/h2-27,37,41H,1H3. The summed E-state index contributed by atoms with van der Waals surface area (Å²) in [6, 6.07) is 38.8. The molecular weight excluding hydrogens is 589 g/mol. The highest BCUT2D eigenvalue weighted by molar-refractivity contribution is 5.89. The molecule has 5 aromatic rings.